The predicted molar refractivity (Wildman–Crippen MR) is 118 cm³/mol. The molecule has 2 amide bonds. The summed E-state index contributed by atoms with van der Waals surface area (Å²) in [5.41, 5.74) is 2.06. The number of rotatable bonds is 8. The van der Waals surface area contributed by atoms with E-state index in [2.05, 4.69) is 20.4 Å². The van der Waals surface area contributed by atoms with Crippen molar-refractivity contribution in [1.82, 2.24) is 15.2 Å². The molecule has 33 heavy (non-hydrogen) atoms. The van der Waals surface area contributed by atoms with Crippen LogP contribution in [0.15, 0.2) is 58.9 Å². The molecule has 2 aromatic carbocycles. The number of benzene rings is 2. The van der Waals surface area contributed by atoms with Gasteiger partial charge in [-0.25, -0.2) is 14.2 Å². The third kappa shape index (κ3) is 7.35. The Balaban J connectivity index is 1.85. The van der Waals surface area contributed by atoms with Crippen molar-refractivity contribution in [1.29, 1.82) is 0 Å². The fourth-order valence-electron chi connectivity index (χ4n) is 2.98. The highest BCUT2D eigenvalue weighted by atomic mass is 32.1. The number of nitrogens with one attached hydrogen (secondary N) is 2. The molecule has 2 N–H and O–H groups in total. The van der Waals surface area contributed by atoms with Gasteiger partial charge in [0, 0.05) is 25.0 Å². The average molecular weight is 483 g/mol. The molecule has 11 heteroatoms. The van der Waals surface area contributed by atoms with E-state index in [1.807, 2.05) is 16.9 Å². The zero-order valence-corrected chi connectivity index (χ0v) is 18.5. The Morgan fingerprint density at radius 1 is 1.09 bits per heavy atom. The molecule has 176 valence electrons. The van der Waals surface area contributed by atoms with E-state index in [0.717, 1.165) is 11.3 Å². The summed E-state index contributed by atoms with van der Waals surface area (Å²) in [5.74, 6) is -0.679. The van der Waals surface area contributed by atoms with Crippen molar-refractivity contribution in [2.24, 2.45) is 4.99 Å². The van der Waals surface area contributed by atoms with Crippen molar-refractivity contribution in [3.63, 3.8) is 0 Å². The molecule has 0 bridgehead atoms. The van der Waals surface area contributed by atoms with E-state index in [1.54, 1.807) is 12.1 Å². The molecule has 1 heterocycles. The molecule has 0 saturated carbocycles. The summed E-state index contributed by atoms with van der Waals surface area (Å²) in [7, 11) is 0. The van der Waals surface area contributed by atoms with Gasteiger partial charge < -0.3 is 19.9 Å². The van der Waals surface area contributed by atoms with Crippen LogP contribution in [0.2, 0.25) is 0 Å². The quantitative estimate of drug-likeness (QED) is 0.343. The molecule has 0 atom stereocenters. The molecular formula is C22H22F4N4O2S. The number of urea groups is 1. The van der Waals surface area contributed by atoms with Crippen LogP contribution < -0.4 is 20.2 Å². The summed E-state index contributed by atoms with van der Waals surface area (Å²) in [6.45, 7) is 3.29. The molecule has 0 spiro atoms. The van der Waals surface area contributed by atoms with E-state index in [4.69, 9.17) is 0 Å². The van der Waals surface area contributed by atoms with Crippen molar-refractivity contribution in [2.75, 3.05) is 13.1 Å². The van der Waals surface area contributed by atoms with E-state index >= 15 is 0 Å². The van der Waals surface area contributed by atoms with Gasteiger partial charge in [0.15, 0.2) is 4.80 Å². The maximum absolute atomic E-state index is 13.4. The van der Waals surface area contributed by atoms with E-state index in [-0.39, 0.29) is 17.6 Å². The van der Waals surface area contributed by atoms with Gasteiger partial charge in [0.05, 0.1) is 11.4 Å². The SMILES string of the molecule is CCNC(=O)NCCCn1c(-c2ccc(F)cc2)cs/c1=N\c1ccc(OC(F)(F)F)cc1. The Morgan fingerprint density at radius 3 is 2.42 bits per heavy atom. The zero-order chi connectivity index (χ0) is 23.8. The van der Waals surface area contributed by atoms with Gasteiger partial charge in [-0.15, -0.1) is 24.5 Å². The summed E-state index contributed by atoms with van der Waals surface area (Å²) >= 11 is 1.35. The molecule has 0 radical (unpaired) electrons. The van der Waals surface area contributed by atoms with Crippen molar-refractivity contribution < 1.29 is 27.1 Å². The largest absolute Gasteiger partial charge is 0.573 e. The maximum Gasteiger partial charge on any atom is 0.573 e. The van der Waals surface area contributed by atoms with Gasteiger partial charge in [-0.05, 0) is 67.4 Å². The first-order valence-electron chi connectivity index (χ1n) is 10.1. The highest BCUT2D eigenvalue weighted by molar-refractivity contribution is 7.07. The van der Waals surface area contributed by atoms with Crippen molar-refractivity contribution in [2.45, 2.75) is 26.3 Å². The molecule has 0 aliphatic carbocycles. The number of hydrogen-bond donors (Lipinski definition) is 2. The van der Waals surface area contributed by atoms with Crippen molar-refractivity contribution >= 4 is 23.1 Å². The first-order chi connectivity index (χ1) is 15.7. The van der Waals surface area contributed by atoms with Gasteiger partial charge in [0.1, 0.15) is 11.6 Å². The molecule has 0 aliphatic heterocycles. The standard InChI is InChI=1S/C22H22F4N4O2S/c1-2-27-20(31)28-12-3-13-30-19(15-4-6-16(23)7-5-15)14-33-21(30)29-17-8-10-18(11-9-17)32-22(24,25)26/h4-11,14H,2-3,12-13H2,1H3,(H2,27,28,31)/b29-21-. The van der Waals surface area contributed by atoms with E-state index in [0.29, 0.717) is 36.5 Å². The second kappa shape index (κ2) is 11.0. The Bertz CT molecular complexity index is 1120. The van der Waals surface area contributed by atoms with Crippen LogP contribution in [0.1, 0.15) is 13.3 Å². The summed E-state index contributed by atoms with van der Waals surface area (Å²) in [5, 5.41) is 7.30. The van der Waals surface area contributed by atoms with Crippen LogP contribution in [-0.4, -0.2) is 30.1 Å². The number of carbonyl (C=O) groups is 1. The van der Waals surface area contributed by atoms with Crippen LogP contribution in [0.5, 0.6) is 5.75 Å². The number of thiazole rings is 1. The smallest absolute Gasteiger partial charge is 0.406 e. The number of ether oxygens (including phenoxy) is 1. The minimum atomic E-state index is -4.76. The van der Waals surface area contributed by atoms with Gasteiger partial charge in [0.2, 0.25) is 0 Å². The summed E-state index contributed by atoms with van der Waals surface area (Å²) in [4.78, 5) is 16.8. The predicted octanol–water partition coefficient (Wildman–Crippen LogP) is 5.20. The van der Waals surface area contributed by atoms with Crippen LogP contribution in [-0.2, 0) is 6.54 Å². The normalized spacial score (nSPS) is 12.0. The number of halogens is 4. The summed E-state index contributed by atoms with van der Waals surface area (Å²) in [6.07, 6.45) is -4.16. The molecule has 3 rings (SSSR count). The molecular weight excluding hydrogens is 460 g/mol. The minimum Gasteiger partial charge on any atom is -0.406 e. The van der Waals surface area contributed by atoms with Crippen molar-refractivity contribution in [3.05, 3.63) is 64.5 Å². The van der Waals surface area contributed by atoms with Crippen LogP contribution >= 0.6 is 11.3 Å². The van der Waals surface area contributed by atoms with Crippen LogP contribution in [0, 0.1) is 5.82 Å². The first kappa shape index (κ1) is 24.3. The van der Waals surface area contributed by atoms with Gasteiger partial charge >= 0.3 is 12.4 Å². The minimum absolute atomic E-state index is 0.252. The lowest BCUT2D eigenvalue weighted by Crippen LogP contribution is -2.36. The Kier molecular flexibility index (Phi) is 8.10. The average Bonchev–Trinajstić information content (AvgIpc) is 3.14. The monoisotopic (exact) mass is 482 g/mol. The Hall–Kier alpha value is -3.34. The molecule has 0 fully saturated rings. The molecule has 0 aliphatic rings. The lowest BCUT2D eigenvalue weighted by atomic mass is 10.1. The summed E-state index contributed by atoms with van der Waals surface area (Å²) < 4.78 is 56.3. The van der Waals surface area contributed by atoms with Gasteiger partial charge in [-0.2, -0.15) is 0 Å². The molecule has 0 saturated heterocycles. The second-order valence-electron chi connectivity index (χ2n) is 6.86. The van der Waals surface area contributed by atoms with Gasteiger partial charge in [-0.3, -0.25) is 0 Å². The molecule has 6 nitrogen and oxygen atoms in total. The number of amides is 2. The summed E-state index contributed by atoms with van der Waals surface area (Å²) in [6, 6.07) is 11.1. The number of alkyl halides is 3. The molecule has 1 aromatic heterocycles. The van der Waals surface area contributed by atoms with E-state index < -0.39 is 6.36 Å². The van der Waals surface area contributed by atoms with E-state index in [9.17, 15) is 22.4 Å². The Morgan fingerprint density at radius 2 is 1.79 bits per heavy atom. The third-order valence-corrected chi connectivity index (χ3v) is 5.28. The van der Waals surface area contributed by atoms with Crippen molar-refractivity contribution in [3.8, 4) is 17.0 Å². The second-order valence-corrected chi connectivity index (χ2v) is 7.69. The lowest BCUT2D eigenvalue weighted by molar-refractivity contribution is -0.274. The molecule has 3 aromatic rings. The Labute approximate surface area is 191 Å². The third-order valence-electron chi connectivity index (χ3n) is 4.41. The zero-order valence-electron chi connectivity index (χ0n) is 17.7. The topological polar surface area (TPSA) is 67.7 Å². The number of hydrogen-bond acceptors (Lipinski definition) is 4. The fourth-order valence-corrected chi connectivity index (χ4v) is 3.94. The first-order valence-corrected chi connectivity index (χ1v) is 11.0. The number of nitrogens with zero attached hydrogens (tertiary/aromatic N) is 2. The lowest BCUT2D eigenvalue weighted by Gasteiger charge is -2.11. The van der Waals surface area contributed by atoms with E-state index in [1.165, 1.54) is 47.7 Å². The van der Waals surface area contributed by atoms with Crippen LogP contribution in [0.3, 0.4) is 0 Å². The highest BCUT2D eigenvalue weighted by Gasteiger charge is 2.30. The fraction of sp³-hybridized carbons (Fsp3) is 0.273. The molecule has 0 unspecified atom stereocenters. The van der Waals surface area contributed by atoms with Crippen LogP contribution in [0.25, 0.3) is 11.3 Å². The van der Waals surface area contributed by atoms with Gasteiger partial charge in [-0.1, -0.05) is 0 Å². The van der Waals surface area contributed by atoms with Gasteiger partial charge in [0.25, 0.3) is 0 Å². The maximum atomic E-state index is 13.4. The van der Waals surface area contributed by atoms with Crippen LogP contribution in [0.4, 0.5) is 28.0 Å². The number of carbonyl (C=O) groups excluding carboxylic acids is 1. The highest BCUT2D eigenvalue weighted by Crippen LogP contribution is 2.25. The number of aromatic nitrogens is 1.